The Balaban J connectivity index is 1.95. The van der Waals surface area contributed by atoms with E-state index in [4.69, 9.17) is 12.6 Å². The molecule has 2 aromatic carbocycles. The molecule has 0 aliphatic rings. The fraction of sp³-hybridized carbons (Fsp3) is 0.105. The summed E-state index contributed by atoms with van der Waals surface area (Å²) >= 11 is 0. The second-order valence-electron chi connectivity index (χ2n) is 4.90. The van der Waals surface area contributed by atoms with E-state index < -0.39 is 13.7 Å². The molecular weight excluding hydrogens is 258 g/mol. The zero-order valence-electron chi connectivity index (χ0n) is 17.1. The molecule has 0 aliphatic carbocycles. The Morgan fingerprint density at radius 3 is 2.52 bits per heavy atom. The van der Waals surface area contributed by atoms with Gasteiger partial charge in [0.2, 0.25) is 0 Å². The zero-order chi connectivity index (χ0) is 19.4. The first-order chi connectivity index (χ1) is 12.7. The first kappa shape index (κ1) is 7.41. The number of aryl methyl sites for hydroxylation is 2. The lowest BCUT2D eigenvalue weighted by atomic mass is 10.1. The van der Waals surface area contributed by atoms with Gasteiger partial charge in [-0.3, -0.25) is 4.98 Å². The third kappa shape index (κ3) is 1.83. The fourth-order valence-electron chi connectivity index (χ4n) is 2.58. The van der Waals surface area contributed by atoms with Crippen LogP contribution in [0.2, 0.25) is 0 Å². The van der Waals surface area contributed by atoms with Gasteiger partial charge in [-0.05, 0) is 37.0 Å². The Labute approximate surface area is 131 Å². The van der Waals surface area contributed by atoms with Crippen molar-refractivity contribution in [1.29, 1.82) is 0 Å². The van der Waals surface area contributed by atoms with Crippen molar-refractivity contribution in [2.75, 3.05) is 0 Å². The number of rotatable bonds is 1. The maximum Gasteiger partial charge on any atom is 0.144 e. The van der Waals surface area contributed by atoms with Crippen molar-refractivity contribution in [2.24, 2.45) is 0 Å². The molecule has 4 rings (SSSR count). The molecule has 0 fully saturated rings. The molecule has 0 saturated heterocycles. The molecule has 0 aliphatic heterocycles. The Hall–Kier alpha value is -2.61. The number of hydrogen-bond donors (Lipinski definition) is 0. The second-order valence-corrected chi connectivity index (χ2v) is 4.90. The number of furan rings is 1. The number of pyridine rings is 1. The van der Waals surface area contributed by atoms with Crippen molar-refractivity contribution in [1.82, 2.24) is 4.98 Å². The van der Waals surface area contributed by atoms with Crippen LogP contribution in [0.3, 0.4) is 0 Å². The van der Waals surface area contributed by atoms with E-state index in [-0.39, 0.29) is 11.1 Å². The number of aromatic nitrogens is 1. The van der Waals surface area contributed by atoms with Crippen LogP contribution in [0.1, 0.15) is 19.4 Å². The summed E-state index contributed by atoms with van der Waals surface area (Å²) < 4.78 is 51.6. The highest BCUT2D eigenvalue weighted by Gasteiger charge is 2.13. The largest absolute Gasteiger partial charge is 0.455 e. The van der Waals surface area contributed by atoms with Gasteiger partial charge in [-0.1, -0.05) is 36.4 Å². The molecule has 0 spiro atoms. The van der Waals surface area contributed by atoms with Gasteiger partial charge >= 0.3 is 0 Å². The third-order valence-corrected chi connectivity index (χ3v) is 3.56. The van der Waals surface area contributed by atoms with E-state index in [9.17, 15) is 0 Å². The predicted octanol–water partition coefficient (Wildman–Crippen LogP) is 5.26. The maximum atomic E-state index is 7.74. The molecule has 2 heterocycles. The van der Waals surface area contributed by atoms with Crippen LogP contribution in [0.25, 0.3) is 33.2 Å². The lowest BCUT2D eigenvalue weighted by molar-refractivity contribution is 0.666. The van der Waals surface area contributed by atoms with Gasteiger partial charge in [0.15, 0.2) is 0 Å². The second kappa shape index (κ2) is 4.45. The van der Waals surface area contributed by atoms with E-state index in [1.165, 1.54) is 12.3 Å². The van der Waals surface area contributed by atoms with Crippen LogP contribution in [0.4, 0.5) is 0 Å². The average molecular weight is 279 g/mol. The third-order valence-electron chi connectivity index (χ3n) is 3.56. The molecule has 2 aromatic heterocycles. The molecule has 102 valence electrons. The van der Waals surface area contributed by atoms with Crippen LogP contribution in [-0.2, 0) is 0 Å². The van der Waals surface area contributed by atoms with E-state index in [0.29, 0.717) is 22.4 Å². The van der Waals surface area contributed by atoms with E-state index in [1.807, 2.05) is 24.3 Å². The van der Waals surface area contributed by atoms with Crippen LogP contribution in [0.15, 0.2) is 59.1 Å². The highest BCUT2D eigenvalue weighted by Crippen LogP contribution is 2.36. The molecule has 2 heteroatoms. The molecule has 0 unspecified atom stereocenters. The van der Waals surface area contributed by atoms with Gasteiger partial charge < -0.3 is 4.42 Å². The summed E-state index contributed by atoms with van der Waals surface area (Å²) in [5.41, 5.74) is 2.42. The molecule has 0 radical (unpaired) electrons. The number of nitrogens with zero attached hydrogens (tertiary/aromatic N) is 1. The maximum absolute atomic E-state index is 7.74. The Morgan fingerprint density at radius 1 is 0.905 bits per heavy atom. The van der Waals surface area contributed by atoms with Gasteiger partial charge in [-0.2, -0.15) is 0 Å². The number of hydrogen-bond acceptors (Lipinski definition) is 2. The van der Waals surface area contributed by atoms with Gasteiger partial charge in [0.25, 0.3) is 0 Å². The van der Waals surface area contributed by atoms with Crippen LogP contribution in [-0.4, -0.2) is 4.98 Å². The van der Waals surface area contributed by atoms with Crippen molar-refractivity contribution in [3.8, 4) is 11.3 Å². The summed E-state index contributed by atoms with van der Waals surface area (Å²) in [7, 11) is 0. The van der Waals surface area contributed by atoms with E-state index in [0.717, 1.165) is 10.8 Å². The van der Waals surface area contributed by atoms with Crippen molar-refractivity contribution in [3.05, 3.63) is 65.9 Å². The number of para-hydroxylation sites is 2. The normalized spacial score (nSPS) is 16.8. The van der Waals surface area contributed by atoms with E-state index in [1.54, 1.807) is 18.2 Å². The lowest BCUT2D eigenvalue weighted by Gasteiger charge is -2.02. The summed E-state index contributed by atoms with van der Waals surface area (Å²) in [4.78, 5) is 4.28. The summed E-state index contributed by atoms with van der Waals surface area (Å²) in [6, 6.07) is 13.7. The van der Waals surface area contributed by atoms with Crippen LogP contribution >= 0.6 is 0 Å². The summed E-state index contributed by atoms with van der Waals surface area (Å²) in [6.45, 7) is -4.50. The SMILES string of the molecule is [2H]C([2H])([2H])c1ccc(-c2cccc3c2oc2c(C([2H])([2H])[2H])cccc23)nc1. The molecule has 0 amide bonds. The van der Waals surface area contributed by atoms with Gasteiger partial charge in [-0.25, -0.2) is 0 Å². The van der Waals surface area contributed by atoms with Crippen LogP contribution < -0.4 is 0 Å². The monoisotopic (exact) mass is 279 g/mol. The predicted molar refractivity (Wildman–Crippen MR) is 86.4 cm³/mol. The smallest absolute Gasteiger partial charge is 0.144 e. The van der Waals surface area contributed by atoms with Gasteiger partial charge in [0.05, 0.1) is 5.69 Å². The van der Waals surface area contributed by atoms with Crippen molar-refractivity contribution in [2.45, 2.75) is 13.7 Å². The standard InChI is InChI=1S/C19H15NO/c1-12-9-10-17(20-11-12)16-8-4-7-15-14-6-3-5-13(2)18(14)21-19(15)16/h3-11H,1-2H3/i1D3,2D3. The van der Waals surface area contributed by atoms with Crippen molar-refractivity contribution in [3.63, 3.8) is 0 Å². The van der Waals surface area contributed by atoms with E-state index in [2.05, 4.69) is 4.98 Å². The molecule has 0 saturated carbocycles. The van der Waals surface area contributed by atoms with Crippen LogP contribution in [0, 0.1) is 13.7 Å². The molecule has 0 bridgehead atoms. The summed E-state index contributed by atoms with van der Waals surface area (Å²) in [5, 5.41) is 1.51. The Morgan fingerprint density at radius 2 is 1.76 bits per heavy atom. The summed E-state index contributed by atoms with van der Waals surface area (Å²) in [5.74, 6) is 0. The fourth-order valence-corrected chi connectivity index (χ4v) is 2.58. The molecule has 2 nitrogen and oxygen atoms in total. The minimum absolute atomic E-state index is 0.160. The molecule has 0 N–H and O–H groups in total. The topological polar surface area (TPSA) is 26.0 Å². The molecule has 4 aromatic rings. The van der Waals surface area contributed by atoms with E-state index >= 15 is 0 Å². The zero-order valence-corrected chi connectivity index (χ0v) is 11.1. The highest BCUT2D eigenvalue weighted by atomic mass is 16.3. The Bertz CT molecular complexity index is 1140. The average Bonchev–Trinajstić information content (AvgIpc) is 2.99. The molecular formula is C19H15NO. The number of benzene rings is 2. The first-order valence-electron chi connectivity index (χ1n) is 9.58. The minimum atomic E-state index is -2.28. The summed E-state index contributed by atoms with van der Waals surface area (Å²) in [6.07, 6.45) is 1.33. The van der Waals surface area contributed by atoms with Crippen LogP contribution in [0.5, 0.6) is 0 Å². The van der Waals surface area contributed by atoms with Gasteiger partial charge in [-0.15, -0.1) is 0 Å². The lowest BCUT2D eigenvalue weighted by Crippen LogP contribution is -1.84. The van der Waals surface area contributed by atoms with Crippen molar-refractivity contribution < 1.29 is 12.6 Å². The first-order valence-corrected chi connectivity index (χ1v) is 6.58. The van der Waals surface area contributed by atoms with Gasteiger partial charge in [0, 0.05) is 30.8 Å². The highest BCUT2D eigenvalue weighted by molar-refractivity contribution is 6.09. The van der Waals surface area contributed by atoms with Crippen molar-refractivity contribution >= 4 is 21.9 Å². The minimum Gasteiger partial charge on any atom is -0.455 e. The quantitative estimate of drug-likeness (QED) is 0.474. The molecule has 21 heavy (non-hydrogen) atoms. The van der Waals surface area contributed by atoms with Gasteiger partial charge in [0.1, 0.15) is 11.2 Å². The Kier molecular flexibility index (Phi) is 1.57. The molecule has 0 atom stereocenters. The number of fused-ring (bicyclic) bond motifs is 3.